The maximum atomic E-state index is 11.4. The average molecular weight is 262 g/mol. The molecule has 0 amide bonds. The molecule has 5 nitrogen and oxygen atoms in total. The number of rotatable bonds is 5. The van der Waals surface area contributed by atoms with Gasteiger partial charge in [-0.1, -0.05) is 6.07 Å². The van der Waals surface area contributed by atoms with Gasteiger partial charge in [-0.15, -0.1) is 0 Å². The molecule has 102 valence electrons. The van der Waals surface area contributed by atoms with Crippen LogP contribution < -0.4 is 15.8 Å². The van der Waals surface area contributed by atoms with Gasteiger partial charge in [0.1, 0.15) is 5.75 Å². The van der Waals surface area contributed by atoms with E-state index in [1.807, 2.05) is 12.1 Å². The fourth-order valence-electron chi connectivity index (χ4n) is 1.96. The summed E-state index contributed by atoms with van der Waals surface area (Å²) in [4.78, 5) is 11.4. The number of hydrogen-bond donors (Lipinski definition) is 2. The molecule has 1 aliphatic heterocycles. The van der Waals surface area contributed by atoms with Crippen molar-refractivity contribution in [3.05, 3.63) is 41.7 Å². The summed E-state index contributed by atoms with van der Waals surface area (Å²) in [6.07, 6.45) is 2.89. The van der Waals surface area contributed by atoms with Crippen LogP contribution in [0.3, 0.4) is 0 Å². The Hall–Kier alpha value is -2.17. The zero-order chi connectivity index (χ0) is 13.7. The third-order valence-corrected chi connectivity index (χ3v) is 3.00. The lowest BCUT2D eigenvalue weighted by molar-refractivity contribution is 0.0600. The molecule has 0 radical (unpaired) electrons. The molecule has 0 fully saturated rings. The average Bonchev–Trinajstić information content (AvgIpc) is 2.84. The van der Waals surface area contributed by atoms with E-state index in [9.17, 15) is 4.79 Å². The standard InChI is InChI=1S/C14H18N2O3/c1-18-14(17)11-3-2-4-12(8-11)19-6-5-10-7-13(15)16-9-10/h2-4,7-8,10,16H,5-6,9,15H2,1H3/t10-/m0/s1. The molecule has 0 aromatic heterocycles. The fraction of sp³-hybridized carbons (Fsp3) is 0.357. The Bertz CT molecular complexity index is 485. The summed E-state index contributed by atoms with van der Waals surface area (Å²) in [7, 11) is 1.36. The maximum absolute atomic E-state index is 11.4. The Morgan fingerprint density at radius 2 is 2.37 bits per heavy atom. The summed E-state index contributed by atoms with van der Waals surface area (Å²) in [5.41, 5.74) is 6.13. The van der Waals surface area contributed by atoms with E-state index in [4.69, 9.17) is 10.5 Å². The zero-order valence-electron chi connectivity index (χ0n) is 10.9. The monoisotopic (exact) mass is 262 g/mol. The first-order valence-electron chi connectivity index (χ1n) is 6.21. The van der Waals surface area contributed by atoms with Crippen LogP contribution in [0.4, 0.5) is 0 Å². The molecule has 3 N–H and O–H groups in total. The van der Waals surface area contributed by atoms with Crippen molar-refractivity contribution in [1.29, 1.82) is 0 Å². The smallest absolute Gasteiger partial charge is 0.337 e. The van der Waals surface area contributed by atoms with Gasteiger partial charge in [-0.3, -0.25) is 0 Å². The van der Waals surface area contributed by atoms with Crippen molar-refractivity contribution in [2.24, 2.45) is 11.7 Å². The quantitative estimate of drug-likeness (QED) is 0.782. The highest BCUT2D eigenvalue weighted by Gasteiger charge is 2.13. The van der Waals surface area contributed by atoms with Crippen LogP contribution in [0.15, 0.2) is 36.2 Å². The Morgan fingerprint density at radius 3 is 3.05 bits per heavy atom. The third-order valence-electron chi connectivity index (χ3n) is 3.00. The fourth-order valence-corrected chi connectivity index (χ4v) is 1.96. The van der Waals surface area contributed by atoms with Gasteiger partial charge in [-0.05, 0) is 30.7 Å². The van der Waals surface area contributed by atoms with Crippen molar-refractivity contribution >= 4 is 5.97 Å². The Balaban J connectivity index is 1.84. The van der Waals surface area contributed by atoms with Gasteiger partial charge < -0.3 is 20.5 Å². The second kappa shape index (κ2) is 6.13. The van der Waals surface area contributed by atoms with Crippen molar-refractivity contribution in [3.63, 3.8) is 0 Å². The summed E-state index contributed by atoms with van der Waals surface area (Å²) < 4.78 is 10.3. The van der Waals surface area contributed by atoms with Gasteiger partial charge in [0, 0.05) is 12.5 Å². The number of carbonyl (C=O) groups is 1. The van der Waals surface area contributed by atoms with Crippen LogP contribution in [-0.4, -0.2) is 26.2 Å². The molecule has 0 unspecified atom stereocenters. The number of methoxy groups -OCH3 is 1. The van der Waals surface area contributed by atoms with Crippen molar-refractivity contribution in [2.75, 3.05) is 20.3 Å². The maximum Gasteiger partial charge on any atom is 0.337 e. The summed E-state index contributed by atoms with van der Waals surface area (Å²) in [5, 5.41) is 3.07. The molecule has 1 heterocycles. The van der Waals surface area contributed by atoms with Gasteiger partial charge in [-0.2, -0.15) is 0 Å². The van der Waals surface area contributed by atoms with Gasteiger partial charge in [0.15, 0.2) is 0 Å². The topological polar surface area (TPSA) is 73.6 Å². The van der Waals surface area contributed by atoms with Gasteiger partial charge in [0.2, 0.25) is 0 Å². The summed E-state index contributed by atoms with van der Waals surface area (Å²) >= 11 is 0. The minimum Gasteiger partial charge on any atom is -0.494 e. The zero-order valence-corrected chi connectivity index (χ0v) is 10.9. The van der Waals surface area contributed by atoms with Crippen LogP contribution >= 0.6 is 0 Å². The molecule has 0 saturated carbocycles. The molecular weight excluding hydrogens is 244 g/mol. The second-order valence-corrected chi connectivity index (χ2v) is 4.42. The van der Waals surface area contributed by atoms with Crippen LogP contribution in [0.5, 0.6) is 5.75 Å². The molecule has 2 rings (SSSR count). The van der Waals surface area contributed by atoms with Crippen molar-refractivity contribution in [2.45, 2.75) is 6.42 Å². The van der Waals surface area contributed by atoms with Crippen LogP contribution in [-0.2, 0) is 4.74 Å². The number of nitrogens with one attached hydrogen (secondary N) is 1. The lowest BCUT2D eigenvalue weighted by atomic mass is 10.1. The molecule has 1 aromatic carbocycles. The summed E-state index contributed by atoms with van der Waals surface area (Å²) in [6, 6.07) is 6.98. The molecule has 5 heteroatoms. The highest BCUT2D eigenvalue weighted by Crippen LogP contribution is 2.16. The molecular formula is C14H18N2O3. The minimum atomic E-state index is -0.360. The van der Waals surface area contributed by atoms with Gasteiger partial charge in [0.25, 0.3) is 0 Å². The van der Waals surface area contributed by atoms with Crippen molar-refractivity contribution < 1.29 is 14.3 Å². The van der Waals surface area contributed by atoms with Gasteiger partial charge in [-0.25, -0.2) is 4.79 Å². The first-order valence-corrected chi connectivity index (χ1v) is 6.21. The first kappa shape index (κ1) is 13.3. The Morgan fingerprint density at radius 1 is 1.53 bits per heavy atom. The molecule has 1 aromatic rings. The SMILES string of the molecule is COC(=O)c1cccc(OCC[C@H]2C=C(N)NC2)c1. The molecule has 0 spiro atoms. The van der Waals surface area contributed by atoms with Crippen LogP contribution in [0.25, 0.3) is 0 Å². The molecule has 1 aliphatic rings. The van der Waals surface area contributed by atoms with E-state index in [1.54, 1.807) is 18.2 Å². The van der Waals surface area contributed by atoms with E-state index in [-0.39, 0.29) is 5.97 Å². The first-order chi connectivity index (χ1) is 9.19. The van der Waals surface area contributed by atoms with E-state index in [1.165, 1.54) is 7.11 Å². The lowest BCUT2D eigenvalue weighted by Gasteiger charge is -2.09. The Kier molecular flexibility index (Phi) is 4.28. The van der Waals surface area contributed by atoms with E-state index >= 15 is 0 Å². The largest absolute Gasteiger partial charge is 0.494 e. The third kappa shape index (κ3) is 3.64. The van der Waals surface area contributed by atoms with Crippen molar-refractivity contribution in [3.8, 4) is 5.75 Å². The molecule has 0 saturated heterocycles. The van der Waals surface area contributed by atoms with E-state index in [0.29, 0.717) is 23.8 Å². The van der Waals surface area contributed by atoms with Crippen LogP contribution in [0.1, 0.15) is 16.8 Å². The predicted molar refractivity (Wildman–Crippen MR) is 71.7 cm³/mol. The van der Waals surface area contributed by atoms with Crippen molar-refractivity contribution in [1.82, 2.24) is 5.32 Å². The molecule has 19 heavy (non-hydrogen) atoms. The predicted octanol–water partition coefficient (Wildman–Crippen LogP) is 1.26. The molecule has 0 aliphatic carbocycles. The minimum absolute atomic E-state index is 0.360. The van der Waals surface area contributed by atoms with E-state index < -0.39 is 0 Å². The van der Waals surface area contributed by atoms with Gasteiger partial charge >= 0.3 is 5.97 Å². The number of carbonyl (C=O) groups excluding carboxylic acids is 1. The number of hydrogen-bond acceptors (Lipinski definition) is 5. The molecule has 1 atom stereocenters. The number of nitrogens with two attached hydrogens (primary N) is 1. The Labute approximate surface area is 112 Å². The lowest BCUT2D eigenvalue weighted by Crippen LogP contribution is -2.17. The van der Waals surface area contributed by atoms with Crippen LogP contribution in [0, 0.1) is 5.92 Å². The number of benzene rings is 1. The summed E-state index contributed by atoms with van der Waals surface area (Å²) in [5.74, 6) is 1.45. The number of ether oxygens (including phenoxy) is 2. The van der Waals surface area contributed by atoms with E-state index in [2.05, 4.69) is 10.1 Å². The van der Waals surface area contributed by atoms with Crippen LogP contribution in [0.2, 0.25) is 0 Å². The number of esters is 1. The normalized spacial score (nSPS) is 17.5. The highest BCUT2D eigenvalue weighted by molar-refractivity contribution is 5.89. The van der Waals surface area contributed by atoms with Gasteiger partial charge in [0.05, 0.1) is 25.1 Å². The highest BCUT2D eigenvalue weighted by atomic mass is 16.5. The summed E-state index contributed by atoms with van der Waals surface area (Å²) in [6.45, 7) is 1.44. The molecule has 0 bridgehead atoms. The second-order valence-electron chi connectivity index (χ2n) is 4.42. The van der Waals surface area contributed by atoms with E-state index in [0.717, 1.165) is 18.8 Å².